The van der Waals surface area contributed by atoms with Crippen molar-refractivity contribution in [1.29, 1.82) is 0 Å². The van der Waals surface area contributed by atoms with Gasteiger partial charge in [-0.05, 0) is 48.7 Å². The first-order valence-corrected chi connectivity index (χ1v) is 10.1. The average Bonchev–Trinajstić information content (AvgIpc) is 2.60. The predicted molar refractivity (Wildman–Crippen MR) is 102 cm³/mol. The molecule has 2 rings (SSSR count). The third kappa shape index (κ3) is 5.45. The van der Waals surface area contributed by atoms with E-state index in [0.717, 1.165) is 5.56 Å². The monoisotopic (exact) mass is 395 g/mol. The van der Waals surface area contributed by atoms with Gasteiger partial charge in [-0.2, -0.15) is 0 Å². The van der Waals surface area contributed by atoms with Gasteiger partial charge in [-0.15, -0.1) is 0 Å². The fourth-order valence-corrected chi connectivity index (χ4v) is 3.25. The van der Waals surface area contributed by atoms with Crippen molar-refractivity contribution in [3.63, 3.8) is 0 Å². The van der Waals surface area contributed by atoms with E-state index < -0.39 is 10.0 Å². The lowest BCUT2D eigenvalue weighted by Gasteiger charge is -2.21. The zero-order valence-corrected chi connectivity index (χ0v) is 16.1. The molecule has 2 aromatic carbocycles. The van der Waals surface area contributed by atoms with E-state index in [-0.39, 0.29) is 23.0 Å². The Kier molecular flexibility index (Phi) is 6.63. The third-order valence-corrected chi connectivity index (χ3v) is 5.18. The molecule has 140 valence electrons. The van der Waals surface area contributed by atoms with Crippen LogP contribution in [0.4, 0.5) is 4.79 Å². The minimum atomic E-state index is -3.79. The summed E-state index contributed by atoms with van der Waals surface area (Å²) in [4.78, 5) is 12.3. The first-order valence-electron chi connectivity index (χ1n) is 8.16. The van der Waals surface area contributed by atoms with E-state index in [9.17, 15) is 13.2 Å². The Hall–Kier alpha value is -2.09. The fraction of sp³-hybridized carbons (Fsp3) is 0.278. The van der Waals surface area contributed by atoms with Crippen LogP contribution in [-0.4, -0.2) is 14.4 Å². The van der Waals surface area contributed by atoms with E-state index in [1.54, 1.807) is 31.2 Å². The summed E-state index contributed by atoms with van der Waals surface area (Å²) in [6.45, 7) is 3.74. The highest BCUT2D eigenvalue weighted by molar-refractivity contribution is 7.89. The van der Waals surface area contributed by atoms with Crippen LogP contribution in [0.25, 0.3) is 0 Å². The summed E-state index contributed by atoms with van der Waals surface area (Å²) >= 11 is 5.90. The molecule has 2 aromatic rings. The number of hydrogen-bond acceptors (Lipinski definition) is 3. The lowest BCUT2D eigenvalue weighted by molar-refractivity contribution is 0.233. The summed E-state index contributed by atoms with van der Waals surface area (Å²) in [6.07, 6.45) is 0.713. The van der Waals surface area contributed by atoms with Crippen molar-refractivity contribution in [1.82, 2.24) is 10.6 Å². The second kappa shape index (κ2) is 8.53. The number of halogens is 1. The lowest BCUT2D eigenvalue weighted by Crippen LogP contribution is -2.39. The summed E-state index contributed by atoms with van der Waals surface area (Å²) in [5.41, 5.74) is 1.60. The SMILES string of the molecule is CCC(NC(=O)NC(C)c1cccc(S(N)(=O)=O)c1)c1ccc(Cl)cc1. The number of amides is 2. The molecule has 0 radical (unpaired) electrons. The van der Waals surface area contributed by atoms with Crippen molar-refractivity contribution in [3.8, 4) is 0 Å². The maximum absolute atomic E-state index is 12.3. The molecular formula is C18H22ClN3O3S. The van der Waals surface area contributed by atoms with Crippen LogP contribution in [0.15, 0.2) is 53.4 Å². The van der Waals surface area contributed by atoms with Gasteiger partial charge in [0.25, 0.3) is 0 Å². The minimum absolute atomic E-state index is 0.0108. The molecule has 0 aromatic heterocycles. The number of carbonyl (C=O) groups excluding carboxylic acids is 1. The van der Waals surface area contributed by atoms with Crippen LogP contribution in [0.5, 0.6) is 0 Å². The van der Waals surface area contributed by atoms with Gasteiger partial charge in [0.05, 0.1) is 17.0 Å². The molecule has 0 saturated heterocycles. The molecule has 4 N–H and O–H groups in total. The van der Waals surface area contributed by atoms with E-state index >= 15 is 0 Å². The molecule has 0 fully saturated rings. The van der Waals surface area contributed by atoms with Gasteiger partial charge in [0, 0.05) is 5.02 Å². The van der Waals surface area contributed by atoms with E-state index in [0.29, 0.717) is 17.0 Å². The Bertz CT molecular complexity index is 870. The lowest BCUT2D eigenvalue weighted by atomic mass is 10.0. The maximum atomic E-state index is 12.3. The van der Waals surface area contributed by atoms with E-state index in [2.05, 4.69) is 10.6 Å². The molecule has 0 aliphatic heterocycles. The Morgan fingerprint density at radius 1 is 1.12 bits per heavy atom. The fourth-order valence-electron chi connectivity index (χ4n) is 2.56. The smallest absolute Gasteiger partial charge is 0.315 e. The number of benzene rings is 2. The number of nitrogens with two attached hydrogens (primary N) is 1. The zero-order valence-electron chi connectivity index (χ0n) is 14.6. The first kappa shape index (κ1) is 20.2. The summed E-state index contributed by atoms with van der Waals surface area (Å²) in [6, 6.07) is 12.6. The number of primary sulfonamides is 1. The van der Waals surface area contributed by atoms with Gasteiger partial charge in [0.2, 0.25) is 10.0 Å². The quantitative estimate of drug-likeness (QED) is 0.697. The molecule has 0 spiro atoms. The molecule has 0 bridgehead atoms. The van der Waals surface area contributed by atoms with Crippen LogP contribution in [0.2, 0.25) is 5.02 Å². The number of carbonyl (C=O) groups is 1. The highest BCUT2D eigenvalue weighted by Gasteiger charge is 2.16. The molecule has 0 saturated carbocycles. The van der Waals surface area contributed by atoms with Gasteiger partial charge in [-0.3, -0.25) is 0 Å². The second-order valence-electron chi connectivity index (χ2n) is 5.97. The molecular weight excluding hydrogens is 374 g/mol. The van der Waals surface area contributed by atoms with Crippen LogP contribution in [0.1, 0.15) is 43.5 Å². The molecule has 6 nitrogen and oxygen atoms in total. The summed E-state index contributed by atoms with van der Waals surface area (Å²) in [7, 11) is -3.79. The summed E-state index contributed by atoms with van der Waals surface area (Å²) in [5, 5.41) is 11.5. The van der Waals surface area contributed by atoms with Gasteiger partial charge in [0.15, 0.2) is 0 Å². The maximum Gasteiger partial charge on any atom is 0.315 e. The molecule has 0 aliphatic carbocycles. The zero-order chi connectivity index (χ0) is 19.3. The van der Waals surface area contributed by atoms with Gasteiger partial charge in [-0.25, -0.2) is 18.4 Å². The van der Waals surface area contributed by atoms with E-state index in [4.69, 9.17) is 16.7 Å². The standard InChI is InChI=1S/C18H22ClN3O3S/c1-3-17(13-7-9-15(19)10-8-13)22-18(23)21-12(2)14-5-4-6-16(11-14)26(20,24)25/h4-12,17H,3H2,1-2H3,(H2,20,24,25)(H2,21,22,23). The van der Waals surface area contributed by atoms with Gasteiger partial charge in [0.1, 0.15) is 0 Å². The summed E-state index contributed by atoms with van der Waals surface area (Å²) < 4.78 is 22.9. The van der Waals surface area contributed by atoms with Crippen molar-refractivity contribution < 1.29 is 13.2 Å². The minimum Gasteiger partial charge on any atom is -0.332 e. The Morgan fingerprint density at radius 3 is 2.35 bits per heavy atom. The molecule has 0 heterocycles. The number of urea groups is 1. The van der Waals surface area contributed by atoms with Crippen LogP contribution >= 0.6 is 11.6 Å². The Balaban J connectivity index is 2.05. The largest absolute Gasteiger partial charge is 0.332 e. The molecule has 8 heteroatoms. The highest BCUT2D eigenvalue weighted by atomic mass is 35.5. The third-order valence-electron chi connectivity index (χ3n) is 4.02. The number of rotatable bonds is 6. The highest BCUT2D eigenvalue weighted by Crippen LogP contribution is 2.20. The van der Waals surface area contributed by atoms with Crippen molar-refractivity contribution >= 4 is 27.7 Å². The van der Waals surface area contributed by atoms with Crippen LogP contribution in [-0.2, 0) is 10.0 Å². The molecule has 2 atom stereocenters. The second-order valence-corrected chi connectivity index (χ2v) is 7.97. The first-order chi connectivity index (χ1) is 12.2. The number of hydrogen-bond donors (Lipinski definition) is 3. The van der Waals surface area contributed by atoms with Crippen molar-refractivity contribution in [2.75, 3.05) is 0 Å². The van der Waals surface area contributed by atoms with Crippen molar-refractivity contribution in [3.05, 3.63) is 64.7 Å². The number of sulfonamides is 1. The van der Waals surface area contributed by atoms with Crippen LogP contribution < -0.4 is 15.8 Å². The number of nitrogens with one attached hydrogen (secondary N) is 2. The van der Waals surface area contributed by atoms with Gasteiger partial charge >= 0.3 is 6.03 Å². The summed E-state index contributed by atoms with van der Waals surface area (Å²) in [5.74, 6) is 0. The molecule has 2 unspecified atom stereocenters. The Morgan fingerprint density at radius 2 is 1.77 bits per heavy atom. The van der Waals surface area contributed by atoms with Crippen molar-refractivity contribution in [2.24, 2.45) is 5.14 Å². The van der Waals surface area contributed by atoms with Crippen LogP contribution in [0, 0.1) is 0 Å². The van der Waals surface area contributed by atoms with Gasteiger partial charge in [-0.1, -0.05) is 42.8 Å². The molecule has 26 heavy (non-hydrogen) atoms. The normalized spacial score (nSPS) is 13.7. The van der Waals surface area contributed by atoms with Crippen molar-refractivity contribution in [2.45, 2.75) is 37.2 Å². The topological polar surface area (TPSA) is 101 Å². The predicted octanol–water partition coefficient (Wildman–Crippen LogP) is 3.50. The Labute approximate surface area is 158 Å². The van der Waals surface area contributed by atoms with E-state index in [1.165, 1.54) is 12.1 Å². The molecule has 2 amide bonds. The van der Waals surface area contributed by atoms with Crippen LogP contribution in [0.3, 0.4) is 0 Å². The van der Waals surface area contributed by atoms with Gasteiger partial charge < -0.3 is 10.6 Å². The molecule has 0 aliphatic rings. The average molecular weight is 396 g/mol. The van der Waals surface area contributed by atoms with E-state index in [1.807, 2.05) is 19.1 Å².